The summed E-state index contributed by atoms with van der Waals surface area (Å²) < 4.78 is 14.7. The SMILES string of the molecule is CCCNC(=NC)NCCc1ccn(-c2ccc(F)cc2)n1.I. The lowest BCUT2D eigenvalue weighted by Gasteiger charge is -2.10. The Morgan fingerprint density at radius 2 is 1.87 bits per heavy atom. The van der Waals surface area contributed by atoms with Gasteiger partial charge in [-0.3, -0.25) is 4.99 Å². The van der Waals surface area contributed by atoms with Crippen LogP contribution < -0.4 is 10.6 Å². The molecule has 0 aliphatic carbocycles. The van der Waals surface area contributed by atoms with Crippen molar-refractivity contribution in [1.29, 1.82) is 0 Å². The molecule has 0 aliphatic rings. The summed E-state index contributed by atoms with van der Waals surface area (Å²) in [5, 5.41) is 11.0. The number of benzene rings is 1. The Hall–Kier alpha value is -1.64. The molecule has 1 aromatic carbocycles. The summed E-state index contributed by atoms with van der Waals surface area (Å²) in [5.74, 6) is 0.561. The molecular formula is C16H23FIN5. The molecule has 2 N–H and O–H groups in total. The van der Waals surface area contributed by atoms with Crippen molar-refractivity contribution < 1.29 is 4.39 Å². The Kier molecular flexibility index (Phi) is 8.60. The first-order chi connectivity index (χ1) is 10.7. The smallest absolute Gasteiger partial charge is 0.190 e. The fourth-order valence-electron chi connectivity index (χ4n) is 2.01. The third-order valence-electron chi connectivity index (χ3n) is 3.18. The molecular weight excluding hydrogens is 408 g/mol. The molecule has 0 bridgehead atoms. The first-order valence-corrected chi connectivity index (χ1v) is 7.48. The lowest BCUT2D eigenvalue weighted by molar-refractivity contribution is 0.627. The highest BCUT2D eigenvalue weighted by Crippen LogP contribution is 2.09. The maximum Gasteiger partial charge on any atom is 0.190 e. The van der Waals surface area contributed by atoms with E-state index in [4.69, 9.17) is 0 Å². The lowest BCUT2D eigenvalue weighted by Crippen LogP contribution is -2.38. The monoisotopic (exact) mass is 431 g/mol. The van der Waals surface area contributed by atoms with Gasteiger partial charge in [0, 0.05) is 32.8 Å². The molecule has 0 fully saturated rings. The van der Waals surface area contributed by atoms with Crippen LogP contribution in [0, 0.1) is 5.82 Å². The van der Waals surface area contributed by atoms with Crippen LogP contribution in [0.5, 0.6) is 0 Å². The number of hydrogen-bond acceptors (Lipinski definition) is 2. The molecule has 2 aromatic rings. The van der Waals surface area contributed by atoms with Crippen LogP contribution in [0.15, 0.2) is 41.5 Å². The Morgan fingerprint density at radius 3 is 2.52 bits per heavy atom. The van der Waals surface area contributed by atoms with E-state index in [9.17, 15) is 4.39 Å². The van der Waals surface area contributed by atoms with Crippen molar-refractivity contribution in [3.63, 3.8) is 0 Å². The molecule has 0 unspecified atom stereocenters. The van der Waals surface area contributed by atoms with Gasteiger partial charge in [0.2, 0.25) is 0 Å². The van der Waals surface area contributed by atoms with Crippen molar-refractivity contribution in [2.45, 2.75) is 19.8 Å². The summed E-state index contributed by atoms with van der Waals surface area (Å²) in [5.41, 5.74) is 1.82. The third-order valence-corrected chi connectivity index (χ3v) is 3.18. The average Bonchev–Trinajstić information content (AvgIpc) is 3.00. The largest absolute Gasteiger partial charge is 0.356 e. The molecule has 126 valence electrons. The van der Waals surface area contributed by atoms with Gasteiger partial charge in [-0.1, -0.05) is 6.92 Å². The first-order valence-electron chi connectivity index (χ1n) is 7.48. The molecule has 2 rings (SSSR count). The molecule has 0 radical (unpaired) electrons. The summed E-state index contributed by atoms with van der Waals surface area (Å²) in [6, 6.07) is 8.25. The van der Waals surface area contributed by atoms with Gasteiger partial charge in [-0.25, -0.2) is 9.07 Å². The molecule has 23 heavy (non-hydrogen) atoms. The van der Waals surface area contributed by atoms with Crippen LogP contribution in [0.2, 0.25) is 0 Å². The number of aromatic nitrogens is 2. The first kappa shape index (κ1) is 19.4. The van der Waals surface area contributed by atoms with Crippen LogP contribution in [-0.2, 0) is 6.42 Å². The van der Waals surface area contributed by atoms with Gasteiger partial charge in [-0.15, -0.1) is 24.0 Å². The molecule has 0 aliphatic heterocycles. The average molecular weight is 431 g/mol. The number of halogens is 2. The predicted octanol–water partition coefficient (Wildman–Crippen LogP) is 2.75. The molecule has 0 amide bonds. The van der Waals surface area contributed by atoms with E-state index in [0.29, 0.717) is 0 Å². The molecule has 1 aromatic heterocycles. The summed E-state index contributed by atoms with van der Waals surface area (Å²) in [4.78, 5) is 4.15. The summed E-state index contributed by atoms with van der Waals surface area (Å²) in [6.07, 6.45) is 3.73. The van der Waals surface area contributed by atoms with Gasteiger partial charge in [0.1, 0.15) is 5.82 Å². The number of hydrogen-bond donors (Lipinski definition) is 2. The van der Waals surface area contributed by atoms with Crippen molar-refractivity contribution in [2.75, 3.05) is 20.1 Å². The van der Waals surface area contributed by atoms with Crippen LogP contribution in [-0.4, -0.2) is 35.9 Å². The van der Waals surface area contributed by atoms with Crippen molar-refractivity contribution in [3.05, 3.63) is 48.0 Å². The molecule has 0 atom stereocenters. The number of nitrogens with one attached hydrogen (secondary N) is 2. The van der Waals surface area contributed by atoms with Gasteiger partial charge in [0.25, 0.3) is 0 Å². The van der Waals surface area contributed by atoms with E-state index in [2.05, 4.69) is 27.6 Å². The third kappa shape index (κ3) is 6.17. The number of aliphatic imine (C=N–C) groups is 1. The zero-order valence-electron chi connectivity index (χ0n) is 13.4. The van der Waals surface area contributed by atoms with Crippen LogP contribution in [0.4, 0.5) is 4.39 Å². The molecule has 5 nitrogen and oxygen atoms in total. The van der Waals surface area contributed by atoms with Gasteiger partial charge >= 0.3 is 0 Å². The standard InChI is InChI=1S/C16H22FN5.HI/c1-3-10-19-16(18-2)20-11-8-14-9-12-22(21-14)15-6-4-13(17)5-7-15;/h4-7,9,12H,3,8,10-11H2,1-2H3,(H2,18,19,20);1H. The summed E-state index contributed by atoms with van der Waals surface area (Å²) in [6.45, 7) is 3.77. The quantitative estimate of drug-likeness (QED) is 0.420. The van der Waals surface area contributed by atoms with Crippen LogP contribution in [0.3, 0.4) is 0 Å². The second kappa shape index (κ2) is 10.2. The van der Waals surface area contributed by atoms with E-state index in [1.807, 2.05) is 12.3 Å². The maximum absolute atomic E-state index is 12.9. The highest BCUT2D eigenvalue weighted by molar-refractivity contribution is 14.0. The van der Waals surface area contributed by atoms with Crippen LogP contribution >= 0.6 is 24.0 Å². The van der Waals surface area contributed by atoms with E-state index < -0.39 is 0 Å². The van der Waals surface area contributed by atoms with Gasteiger partial charge in [0.15, 0.2) is 5.96 Å². The molecule has 1 heterocycles. The van der Waals surface area contributed by atoms with Crippen molar-refractivity contribution >= 4 is 29.9 Å². The zero-order valence-corrected chi connectivity index (χ0v) is 15.8. The van der Waals surface area contributed by atoms with E-state index in [0.717, 1.165) is 43.3 Å². The zero-order chi connectivity index (χ0) is 15.8. The van der Waals surface area contributed by atoms with Crippen molar-refractivity contribution in [1.82, 2.24) is 20.4 Å². The normalized spacial score (nSPS) is 11.0. The van der Waals surface area contributed by atoms with Crippen molar-refractivity contribution in [3.8, 4) is 5.69 Å². The van der Waals surface area contributed by atoms with Crippen LogP contribution in [0.25, 0.3) is 5.69 Å². The molecule has 0 spiro atoms. The van der Waals surface area contributed by atoms with Crippen molar-refractivity contribution in [2.24, 2.45) is 4.99 Å². The molecule has 0 saturated heterocycles. The van der Waals surface area contributed by atoms with E-state index in [1.54, 1.807) is 23.9 Å². The summed E-state index contributed by atoms with van der Waals surface area (Å²) in [7, 11) is 1.76. The number of guanidine groups is 1. The van der Waals surface area contributed by atoms with Gasteiger partial charge in [0.05, 0.1) is 11.4 Å². The topological polar surface area (TPSA) is 54.2 Å². The van der Waals surface area contributed by atoms with E-state index in [1.165, 1.54) is 12.1 Å². The fourth-order valence-corrected chi connectivity index (χ4v) is 2.01. The molecule has 7 heteroatoms. The fraction of sp³-hybridized carbons (Fsp3) is 0.375. The molecule has 0 saturated carbocycles. The van der Waals surface area contributed by atoms with E-state index in [-0.39, 0.29) is 29.8 Å². The number of nitrogens with zero attached hydrogens (tertiary/aromatic N) is 3. The van der Waals surface area contributed by atoms with E-state index >= 15 is 0 Å². The lowest BCUT2D eigenvalue weighted by atomic mass is 10.3. The second-order valence-corrected chi connectivity index (χ2v) is 4.90. The highest BCUT2D eigenvalue weighted by atomic mass is 127. The minimum Gasteiger partial charge on any atom is -0.356 e. The Bertz CT molecular complexity index is 609. The van der Waals surface area contributed by atoms with Gasteiger partial charge in [-0.2, -0.15) is 5.10 Å². The van der Waals surface area contributed by atoms with Crippen LogP contribution in [0.1, 0.15) is 19.0 Å². The highest BCUT2D eigenvalue weighted by Gasteiger charge is 2.02. The minimum absolute atomic E-state index is 0. The Labute approximate surface area is 153 Å². The number of rotatable bonds is 6. The van der Waals surface area contributed by atoms with Gasteiger partial charge < -0.3 is 10.6 Å². The van der Waals surface area contributed by atoms with Gasteiger partial charge in [-0.05, 0) is 36.8 Å². The predicted molar refractivity (Wildman–Crippen MR) is 102 cm³/mol. The Balaban J connectivity index is 0.00000264. The Morgan fingerprint density at radius 1 is 1.17 bits per heavy atom. The maximum atomic E-state index is 12.9. The minimum atomic E-state index is -0.244. The second-order valence-electron chi connectivity index (χ2n) is 4.90. The summed E-state index contributed by atoms with van der Waals surface area (Å²) >= 11 is 0.